The lowest BCUT2D eigenvalue weighted by molar-refractivity contribution is 0.0672. The summed E-state index contributed by atoms with van der Waals surface area (Å²) in [6.45, 7) is 3.99. The number of benzene rings is 2. The van der Waals surface area contributed by atoms with E-state index in [2.05, 4.69) is 32.5 Å². The Morgan fingerprint density at radius 2 is 1.74 bits per heavy atom. The monoisotopic (exact) mass is 472 g/mol. The van der Waals surface area contributed by atoms with Crippen LogP contribution in [0.5, 0.6) is 11.5 Å². The molecule has 3 heterocycles. The molecule has 4 aromatic rings. The van der Waals surface area contributed by atoms with Gasteiger partial charge in [0.25, 0.3) is 5.91 Å². The molecular formula is C26H28N6O3. The molecule has 9 heteroatoms. The van der Waals surface area contributed by atoms with Crippen LogP contribution in [0.15, 0.2) is 42.5 Å². The summed E-state index contributed by atoms with van der Waals surface area (Å²) < 4.78 is 12.9. The lowest BCUT2D eigenvalue weighted by Gasteiger charge is -2.40. The van der Waals surface area contributed by atoms with Crippen molar-refractivity contribution < 1.29 is 14.3 Å². The van der Waals surface area contributed by atoms with E-state index in [4.69, 9.17) is 14.5 Å². The van der Waals surface area contributed by atoms with Gasteiger partial charge in [-0.05, 0) is 44.0 Å². The Kier molecular flexibility index (Phi) is 5.20. The van der Waals surface area contributed by atoms with E-state index in [1.807, 2.05) is 23.1 Å². The van der Waals surface area contributed by atoms with Gasteiger partial charge in [-0.15, -0.1) is 10.2 Å². The van der Waals surface area contributed by atoms with Gasteiger partial charge in [0.15, 0.2) is 5.65 Å². The third-order valence-corrected chi connectivity index (χ3v) is 6.97. The van der Waals surface area contributed by atoms with Crippen molar-refractivity contribution in [2.45, 2.75) is 31.7 Å². The van der Waals surface area contributed by atoms with Gasteiger partial charge in [0.1, 0.15) is 17.3 Å². The molecule has 1 aliphatic carbocycles. The first-order valence-corrected chi connectivity index (χ1v) is 12.0. The van der Waals surface area contributed by atoms with Gasteiger partial charge in [0, 0.05) is 48.6 Å². The fourth-order valence-electron chi connectivity index (χ4n) is 4.94. The normalized spacial score (nSPS) is 18.3. The molecular weight excluding hydrogens is 444 g/mol. The van der Waals surface area contributed by atoms with Gasteiger partial charge in [-0.2, -0.15) is 0 Å². The Balaban J connectivity index is 1.33. The van der Waals surface area contributed by atoms with Gasteiger partial charge < -0.3 is 19.3 Å². The fourth-order valence-corrected chi connectivity index (χ4v) is 4.94. The average molecular weight is 473 g/mol. The van der Waals surface area contributed by atoms with Crippen molar-refractivity contribution in [1.82, 2.24) is 24.5 Å². The van der Waals surface area contributed by atoms with Gasteiger partial charge >= 0.3 is 0 Å². The molecule has 1 saturated heterocycles. The van der Waals surface area contributed by atoms with E-state index in [1.54, 1.807) is 32.4 Å². The van der Waals surface area contributed by atoms with Crippen LogP contribution in [-0.4, -0.2) is 70.3 Å². The first kappa shape index (κ1) is 21.6. The molecule has 2 aromatic heterocycles. The maximum absolute atomic E-state index is 13.4. The lowest BCUT2D eigenvalue weighted by atomic mass is 10.1. The van der Waals surface area contributed by atoms with E-state index >= 15 is 0 Å². The minimum absolute atomic E-state index is 0.0161. The predicted octanol–water partition coefficient (Wildman–Crippen LogP) is 3.52. The van der Waals surface area contributed by atoms with Gasteiger partial charge in [0.05, 0.1) is 19.7 Å². The van der Waals surface area contributed by atoms with E-state index in [9.17, 15) is 4.79 Å². The maximum Gasteiger partial charge on any atom is 0.254 e. The molecule has 0 radical (unpaired) electrons. The second kappa shape index (κ2) is 8.41. The molecule has 0 N–H and O–H groups in total. The van der Waals surface area contributed by atoms with E-state index in [0.29, 0.717) is 42.6 Å². The number of ether oxygens (including phenoxy) is 2. The van der Waals surface area contributed by atoms with Gasteiger partial charge in [-0.3, -0.25) is 4.79 Å². The van der Waals surface area contributed by atoms with Crippen LogP contribution in [0.3, 0.4) is 0 Å². The predicted molar refractivity (Wildman–Crippen MR) is 133 cm³/mol. The number of methoxy groups -OCH3 is 2. The van der Waals surface area contributed by atoms with E-state index in [1.165, 1.54) is 0 Å². The summed E-state index contributed by atoms with van der Waals surface area (Å²) in [5, 5.41) is 10.1. The van der Waals surface area contributed by atoms with Gasteiger partial charge in [-0.25, -0.2) is 9.38 Å². The number of hydrogen-bond acceptors (Lipinski definition) is 7. The molecule has 2 fully saturated rings. The molecule has 2 aromatic carbocycles. The Morgan fingerprint density at radius 3 is 2.43 bits per heavy atom. The first-order valence-electron chi connectivity index (χ1n) is 12.0. The highest BCUT2D eigenvalue weighted by Crippen LogP contribution is 2.41. The highest BCUT2D eigenvalue weighted by Gasteiger charge is 2.34. The smallest absolute Gasteiger partial charge is 0.254 e. The molecule has 35 heavy (non-hydrogen) atoms. The van der Waals surface area contributed by atoms with Crippen LogP contribution in [0.25, 0.3) is 16.6 Å². The first-order chi connectivity index (χ1) is 17.1. The SMILES string of the molecule is COc1cc(OC)cc(C(=O)N2CCN(c3nc4ccccc4c4nnc(C5CC5)n34)CC2C)c1. The number of piperazine rings is 1. The van der Waals surface area contributed by atoms with Gasteiger partial charge in [-0.1, -0.05) is 12.1 Å². The summed E-state index contributed by atoms with van der Waals surface area (Å²) >= 11 is 0. The average Bonchev–Trinajstić information content (AvgIpc) is 3.65. The zero-order valence-corrected chi connectivity index (χ0v) is 20.1. The van der Waals surface area contributed by atoms with Crippen LogP contribution in [0.2, 0.25) is 0 Å². The summed E-state index contributed by atoms with van der Waals surface area (Å²) in [5.74, 6) is 3.45. The van der Waals surface area contributed by atoms with Crippen molar-refractivity contribution in [3.8, 4) is 11.5 Å². The third kappa shape index (κ3) is 3.71. The van der Waals surface area contributed by atoms with Crippen molar-refractivity contribution in [2.75, 3.05) is 38.8 Å². The number of para-hydroxylation sites is 1. The van der Waals surface area contributed by atoms with Crippen LogP contribution in [0, 0.1) is 0 Å². The van der Waals surface area contributed by atoms with E-state index in [0.717, 1.165) is 41.2 Å². The zero-order valence-electron chi connectivity index (χ0n) is 20.1. The third-order valence-electron chi connectivity index (χ3n) is 6.97. The Morgan fingerprint density at radius 1 is 1.00 bits per heavy atom. The number of carbonyl (C=O) groups excluding carboxylic acids is 1. The summed E-state index contributed by atoms with van der Waals surface area (Å²) in [7, 11) is 3.17. The largest absolute Gasteiger partial charge is 0.497 e. The molecule has 180 valence electrons. The highest BCUT2D eigenvalue weighted by molar-refractivity contribution is 5.95. The molecule has 9 nitrogen and oxygen atoms in total. The van der Waals surface area contributed by atoms with Crippen LogP contribution in [0.4, 0.5) is 5.95 Å². The molecule has 6 rings (SSSR count). The van der Waals surface area contributed by atoms with Crippen LogP contribution < -0.4 is 14.4 Å². The number of aromatic nitrogens is 4. The number of hydrogen-bond donors (Lipinski definition) is 0. The van der Waals surface area contributed by atoms with Crippen molar-refractivity contribution in [3.63, 3.8) is 0 Å². The molecule has 2 aliphatic rings. The number of fused-ring (bicyclic) bond motifs is 3. The zero-order chi connectivity index (χ0) is 24.1. The summed E-state index contributed by atoms with van der Waals surface area (Å²) in [5.41, 5.74) is 2.31. The molecule has 1 amide bonds. The van der Waals surface area contributed by atoms with Crippen molar-refractivity contribution in [3.05, 3.63) is 53.9 Å². The summed E-state index contributed by atoms with van der Waals surface area (Å²) in [6.07, 6.45) is 2.27. The molecule has 0 spiro atoms. The minimum Gasteiger partial charge on any atom is -0.497 e. The second-order valence-corrected chi connectivity index (χ2v) is 9.32. The van der Waals surface area contributed by atoms with E-state index < -0.39 is 0 Å². The lowest BCUT2D eigenvalue weighted by Crippen LogP contribution is -2.54. The molecule has 1 atom stereocenters. The maximum atomic E-state index is 13.4. The number of carbonyl (C=O) groups is 1. The van der Waals surface area contributed by atoms with Crippen LogP contribution >= 0.6 is 0 Å². The Bertz CT molecular complexity index is 1410. The number of anilines is 1. The molecule has 1 unspecified atom stereocenters. The second-order valence-electron chi connectivity index (χ2n) is 9.32. The summed E-state index contributed by atoms with van der Waals surface area (Å²) in [6, 6.07) is 13.3. The number of amides is 1. The minimum atomic E-state index is -0.0334. The van der Waals surface area contributed by atoms with E-state index in [-0.39, 0.29) is 11.9 Å². The van der Waals surface area contributed by atoms with Crippen molar-refractivity contribution in [2.24, 2.45) is 0 Å². The standard InChI is InChI=1S/C26H28N6O3/c1-16-15-30(10-11-31(16)25(33)18-12-19(34-2)14-20(13-18)35-3)26-27-22-7-5-4-6-21(22)24-29-28-23(32(24)26)17-8-9-17/h4-7,12-14,16-17H,8-11,15H2,1-3H3. The fraction of sp³-hybridized carbons (Fsp3) is 0.385. The molecule has 1 saturated carbocycles. The molecule has 0 bridgehead atoms. The number of rotatable bonds is 5. The topological polar surface area (TPSA) is 85.1 Å². The van der Waals surface area contributed by atoms with Crippen molar-refractivity contribution >= 4 is 28.4 Å². The molecule has 1 aliphatic heterocycles. The van der Waals surface area contributed by atoms with Crippen molar-refractivity contribution in [1.29, 1.82) is 0 Å². The Labute approximate surface area is 203 Å². The summed E-state index contributed by atoms with van der Waals surface area (Å²) in [4.78, 5) is 22.7. The highest BCUT2D eigenvalue weighted by atomic mass is 16.5. The Hall–Kier alpha value is -3.88. The quantitative estimate of drug-likeness (QED) is 0.439. The van der Waals surface area contributed by atoms with Crippen LogP contribution in [0.1, 0.15) is 41.9 Å². The number of nitrogens with zero attached hydrogens (tertiary/aromatic N) is 6. The van der Waals surface area contributed by atoms with Gasteiger partial charge in [0.2, 0.25) is 5.95 Å². The van der Waals surface area contributed by atoms with Crippen LogP contribution in [-0.2, 0) is 0 Å².